The van der Waals surface area contributed by atoms with Gasteiger partial charge in [-0.3, -0.25) is 4.79 Å². The van der Waals surface area contributed by atoms with Crippen LogP contribution in [-0.4, -0.2) is 64.2 Å². The van der Waals surface area contributed by atoms with Gasteiger partial charge in [0, 0.05) is 20.3 Å². The molecule has 2 rings (SSSR count). The van der Waals surface area contributed by atoms with Crippen LogP contribution in [-0.2, 0) is 14.3 Å². The second-order valence-electron chi connectivity index (χ2n) is 4.45. The minimum Gasteiger partial charge on any atom is -0.478 e. The highest BCUT2D eigenvalue weighted by Gasteiger charge is 2.43. The van der Waals surface area contributed by atoms with E-state index in [1.165, 1.54) is 27.8 Å². The first-order valence-electron chi connectivity index (χ1n) is 5.66. The highest BCUT2D eigenvalue weighted by Crippen LogP contribution is 2.40. The molecular formula is C11H14N2O5S. The average Bonchev–Trinajstić information content (AvgIpc) is 2.33. The van der Waals surface area contributed by atoms with Gasteiger partial charge in [-0.2, -0.15) is 0 Å². The predicted octanol–water partition coefficient (Wildman–Crippen LogP) is 0.327. The van der Waals surface area contributed by atoms with E-state index < -0.39 is 17.3 Å². The zero-order valence-corrected chi connectivity index (χ0v) is 11.3. The summed E-state index contributed by atoms with van der Waals surface area (Å²) in [6.07, 6.45) is 1.23. The number of carboxylic acids is 1. The summed E-state index contributed by atoms with van der Waals surface area (Å²) in [6, 6.07) is 0. The number of amides is 2. The van der Waals surface area contributed by atoms with Crippen LogP contribution in [0.15, 0.2) is 11.8 Å². The third-order valence-electron chi connectivity index (χ3n) is 2.86. The molecule has 19 heavy (non-hydrogen) atoms. The molecule has 0 aromatic heterocycles. The Morgan fingerprint density at radius 1 is 1.58 bits per heavy atom. The molecule has 1 saturated heterocycles. The fourth-order valence-corrected chi connectivity index (χ4v) is 3.15. The normalized spacial score (nSPS) is 25.1. The van der Waals surface area contributed by atoms with Crippen molar-refractivity contribution in [2.75, 3.05) is 20.7 Å². The van der Waals surface area contributed by atoms with Gasteiger partial charge in [0.2, 0.25) is 5.91 Å². The average molecular weight is 286 g/mol. The number of carboxylic acid groups (broad SMARTS) is 1. The van der Waals surface area contributed by atoms with E-state index in [9.17, 15) is 14.4 Å². The van der Waals surface area contributed by atoms with Crippen molar-refractivity contribution in [3.05, 3.63) is 11.8 Å². The summed E-state index contributed by atoms with van der Waals surface area (Å²) in [7, 11) is 3.10. The molecule has 0 aromatic carbocycles. The standard InChI is InChI=1S/C11H14N2O5S/c1-12(2)11(17)18-5-7-6(10(15)16)4-13-8(14)3-9(13)19-7/h4,7,9H,3,5H2,1-2H3,(H,15,16)/t7?,9-/m1/s1. The molecule has 0 saturated carbocycles. The first-order valence-corrected chi connectivity index (χ1v) is 6.60. The van der Waals surface area contributed by atoms with Crippen LogP contribution in [0.3, 0.4) is 0 Å². The molecule has 7 nitrogen and oxygen atoms in total. The molecule has 2 aliphatic rings. The summed E-state index contributed by atoms with van der Waals surface area (Å²) in [5, 5.41) is 8.64. The van der Waals surface area contributed by atoms with Gasteiger partial charge >= 0.3 is 12.1 Å². The second kappa shape index (κ2) is 5.12. The monoisotopic (exact) mass is 286 g/mol. The van der Waals surface area contributed by atoms with Gasteiger partial charge in [-0.05, 0) is 0 Å². The van der Waals surface area contributed by atoms with E-state index in [0.29, 0.717) is 6.42 Å². The minimum atomic E-state index is -1.10. The van der Waals surface area contributed by atoms with Crippen molar-refractivity contribution in [2.45, 2.75) is 17.0 Å². The number of rotatable bonds is 3. The van der Waals surface area contributed by atoms with Gasteiger partial charge in [-0.1, -0.05) is 0 Å². The van der Waals surface area contributed by atoms with Crippen LogP contribution < -0.4 is 0 Å². The van der Waals surface area contributed by atoms with E-state index in [2.05, 4.69) is 0 Å². The van der Waals surface area contributed by atoms with E-state index >= 15 is 0 Å². The summed E-state index contributed by atoms with van der Waals surface area (Å²) < 4.78 is 5.02. The van der Waals surface area contributed by atoms with Crippen molar-refractivity contribution in [3.8, 4) is 0 Å². The van der Waals surface area contributed by atoms with Crippen LogP contribution in [0.1, 0.15) is 6.42 Å². The van der Waals surface area contributed by atoms with Gasteiger partial charge in [0.05, 0.1) is 22.6 Å². The SMILES string of the molecule is CN(C)C(=O)OCC1S[C@@H]2CC(=O)N2C=C1C(=O)O. The third kappa shape index (κ3) is 2.67. The number of aliphatic carboxylic acids is 1. The van der Waals surface area contributed by atoms with Crippen LogP contribution in [0.5, 0.6) is 0 Å². The molecule has 2 amide bonds. The summed E-state index contributed by atoms with van der Waals surface area (Å²) in [5.41, 5.74) is 0.0841. The lowest BCUT2D eigenvalue weighted by Crippen LogP contribution is -2.51. The van der Waals surface area contributed by atoms with Gasteiger partial charge in [0.1, 0.15) is 6.61 Å². The van der Waals surface area contributed by atoms with E-state index in [-0.39, 0.29) is 23.5 Å². The molecule has 0 aromatic rings. The zero-order valence-electron chi connectivity index (χ0n) is 10.5. The molecule has 8 heteroatoms. The van der Waals surface area contributed by atoms with Gasteiger partial charge in [0.25, 0.3) is 0 Å². The topological polar surface area (TPSA) is 87.2 Å². The van der Waals surface area contributed by atoms with Crippen LogP contribution in [0.4, 0.5) is 4.79 Å². The maximum atomic E-state index is 11.3. The fourth-order valence-electron chi connectivity index (χ4n) is 1.76. The molecule has 1 N–H and O–H groups in total. The Balaban J connectivity index is 2.05. The van der Waals surface area contributed by atoms with Crippen LogP contribution in [0, 0.1) is 0 Å². The number of carbonyl (C=O) groups excluding carboxylic acids is 2. The van der Waals surface area contributed by atoms with Gasteiger partial charge in [0.15, 0.2) is 0 Å². The van der Waals surface area contributed by atoms with Gasteiger partial charge in [-0.25, -0.2) is 9.59 Å². The molecule has 0 radical (unpaired) electrons. The second-order valence-corrected chi connectivity index (χ2v) is 5.83. The lowest BCUT2D eigenvalue weighted by molar-refractivity contribution is -0.138. The number of fused-ring (bicyclic) bond motifs is 1. The molecule has 104 valence electrons. The summed E-state index contributed by atoms with van der Waals surface area (Å²) in [6.45, 7) is -0.0155. The summed E-state index contributed by atoms with van der Waals surface area (Å²) >= 11 is 1.34. The lowest BCUT2D eigenvalue weighted by Gasteiger charge is -2.43. The number of thioether (sulfide) groups is 1. The van der Waals surface area contributed by atoms with E-state index in [4.69, 9.17) is 9.84 Å². The summed E-state index contributed by atoms with van der Waals surface area (Å²) in [4.78, 5) is 36.5. The molecular weight excluding hydrogens is 272 g/mol. The number of hydrogen-bond acceptors (Lipinski definition) is 5. The van der Waals surface area contributed by atoms with Crippen molar-refractivity contribution >= 4 is 29.7 Å². The number of ether oxygens (including phenoxy) is 1. The number of carbonyl (C=O) groups is 3. The molecule has 0 spiro atoms. The first kappa shape index (κ1) is 13.7. The smallest absolute Gasteiger partial charge is 0.409 e. The Bertz CT molecular complexity index is 462. The zero-order chi connectivity index (χ0) is 14.2. The third-order valence-corrected chi connectivity index (χ3v) is 4.29. The highest BCUT2D eigenvalue weighted by atomic mass is 32.2. The van der Waals surface area contributed by atoms with Crippen LogP contribution in [0.2, 0.25) is 0 Å². The lowest BCUT2D eigenvalue weighted by atomic mass is 10.1. The van der Waals surface area contributed by atoms with Crippen LogP contribution in [0.25, 0.3) is 0 Å². The van der Waals surface area contributed by atoms with E-state index in [0.717, 1.165) is 0 Å². The maximum Gasteiger partial charge on any atom is 0.409 e. The Morgan fingerprint density at radius 2 is 2.26 bits per heavy atom. The first-order chi connectivity index (χ1) is 8.90. The number of β-lactam (4-membered cyclic amide) rings is 1. The van der Waals surface area contributed by atoms with Gasteiger partial charge < -0.3 is 19.6 Å². The summed E-state index contributed by atoms with van der Waals surface area (Å²) in [5.74, 6) is -1.18. The van der Waals surface area contributed by atoms with Crippen molar-refractivity contribution < 1.29 is 24.2 Å². The van der Waals surface area contributed by atoms with E-state index in [1.54, 1.807) is 14.1 Å². The molecule has 1 fully saturated rings. The van der Waals surface area contributed by atoms with Crippen molar-refractivity contribution in [2.24, 2.45) is 0 Å². The molecule has 2 aliphatic heterocycles. The molecule has 0 bridgehead atoms. The Hall–Kier alpha value is -1.70. The molecule has 2 atom stereocenters. The fraction of sp³-hybridized carbons (Fsp3) is 0.545. The number of nitrogens with zero attached hydrogens (tertiary/aromatic N) is 2. The van der Waals surface area contributed by atoms with Gasteiger partial charge in [-0.15, -0.1) is 11.8 Å². The Labute approximate surface area is 114 Å². The predicted molar refractivity (Wildman–Crippen MR) is 67.4 cm³/mol. The molecule has 1 unspecified atom stereocenters. The Kier molecular flexibility index (Phi) is 3.70. The maximum absolute atomic E-state index is 11.3. The molecule has 0 aliphatic carbocycles. The Morgan fingerprint density at radius 3 is 2.79 bits per heavy atom. The van der Waals surface area contributed by atoms with Crippen molar-refractivity contribution in [1.82, 2.24) is 9.80 Å². The number of hydrogen-bond donors (Lipinski definition) is 1. The largest absolute Gasteiger partial charge is 0.478 e. The quantitative estimate of drug-likeness (QED) is 0.752. The van der Waals surface area contributed by atoms with Crippen LogP contribution >= 0.6 is 11.8 Å². The van der Waals surface area contributed by atoms with Crippen molar-refractivity contribution in [3.63, 3.8) is 0 Å². The van der Waals surface area contributed by atoms with Crippen molar-refractivity contribution in [1.29, 1.82) is 0 Å². The van der Waals surface area contributed by atoms with E-state index in [1.807, 2.05) is 0 Å². The highest BCUT2D eigenvalue weighted by molar-refractivity contribution is 8.00. The molecule has 2 heterocycles. The minimum absolute atomic E-state index is 0.0155.